The SMILES string of the molecule is Fc1ccc(Nc2nnc(-c3ccc(C(c4c[nH]c5ccccc45)c4c[nH]c5ccccc45)cc3)s2)cc1. The number of aromatic nitrogens is 4. The van der Waals surface area contributed by atoms with Crippen LogP contribution < -0.4 is 5.32 Å². The average Bonchev–Trinajstić information content (AvgIpc) is 3.70. The van der Waals surface area contributed by atoms with Crippen LogP contribution in [-0.2, 0) is 0 Å². The van der Waals surface area contributed by atoms with Gasteiger partial charge in [0.05, 0.1) is 0 Å². The van der Waals surface area contributed by atoms with Crippen molar-refractivity contribution >= 4 is 44.0 Å². The molecule has 38 heavy (non-hydrogen) atoms. The van der Waals surface area contributed by atoms with Crippen LogP contribution in [0, 0.1) is 5.82 Å². The number of rotatable bonds is 6. The first-order valence-electron chi connectivity index (χ1n) is 12.3. The summed E-state index contributed by atoms with van der Waals surface area (Å²) < 4.78 is 13.2. The van der Waals surface area contributed by atoms with E-state index in [2.05, 4.69) is 111 Å². The molecule has 0 aliphatic carbocycles. The molecule has 0 aliphatic rings. The zero-order chi connectivity index (χ0) is 25.5. The van der Waals surface area contributed by atoms with Crippen LogP contribution in [0.3, 0.4) is 0 Å². The Hall–Kier alpha value is -4.75. The van der Waals surface area contributed by atoms with E-state index < -0.39 is 0 Å². The molecule has 0 saturated carbocycles. The second-order valence-electron chi connectivity index (χ2n) is 9.18. The molecule has 3 N–H and O–H groups in total. The van der Waals surface area contributed by atoms with E-state index in [1.54, 1.807) is 12.1 Å². The topological polar surface area (TPSA) is 69.4 Å². The Morgan fingerprint density at radius 2 is 1.29 bits per heavy atom. The average molecular weight is 516 g/mol. The highest BCUT2D eigenvalue weighted by Crippen LogP contribution is 2.40. The Morgan fingerprint density at radius 1 is 0.684 bits per heavy atom. The van der Waals surface area contributed by atoms with Crippen LogP contribution in [0.4, 0.5) is 15.2 Å². The van der Waals surface area contributed by atoms with Crippen LogP contribution >= 0.6 is 11.3 Å². The van der Waals surface area contributed by atoms with E-state index in [0.717, 1.165) is 27.3 Å². The van der Waals surface area contributed by atoms with E-state index in [1.165, 1.54) is 50.9 Å². The summed E-state index contributed by atoms with van der Waals surface area (Å²) in [6.45, 7) is 0. The molecule has 0 radical (unpaired) electrons. The molecule has 184 valence electrons. The third-order valence-corrected chi connectivity index (χ3v) is 7.76. The molecule has 5 nitrogen and oxygen atoms in total. The quantitative estimate of drug-likeness (QED) is 0.209. The molecule has 0 spiro atoms. The predicted octanol–water partition coefficient (Wildman–Crippen LogP) is 8.23. The van der Waals surface area contributed by atoms with Gasteiger partial charge in [-0.25, -0.2) is 4.39 Å². The number of halogens is 1. The number of nitrogens with zero attached hydrogens (tertiary/aromatic N) is 2. The van der Waals surface area contributed by atoms with Gasteiger partial charge in [0.25, 0.3) is 0 Å². The molecule has 3 aromatic heterocycles. The summed E-state index contributed by atoms with van der Waals surface area (Å²) in [5.41, 5.74) is 7.68. The number of hydrogen-bond donors (Lipinski definition) is 3. The lowest BCUT2D eigenvalue weighted by atomic mass is 9.84. The first-order valence-corrected chi connectivity index (χ1v) is 13.1. The van der Waals surface area contributed by atoms with Gasteiger partial charge in [0.2, 0.25) is 5.13 Å². The summed E-state index contributed by atoms with van der Waals surface area (Å²) in [6.07, 6.45) is 4.26. The second kappa shape index (κ2) is 9.28. The molecule has 0 amide bonds. The smallest absolute Gasteiger partial charge is 0.210 e. The minimum Gasteiger partial charge on any atom is -0.361 e. The van der Waals surface area contributed by atoms with Gasteiger partial charge >= 0.3 is 0 Å². The highest BCUT2D eigenvalue weighted by Gasteiger charge is 2.23. The lowest BCUT2D eigenvalue weighted by Gasteiger charge is -2.18. The minimum atomic E-state index is -0.271. The van der Waals surface area contributed by atoms with Crippen LogP contribution in [0.2, 0.25) is 0 Å². The maximum atomic E-state index is 13.2. The van der Waals surface area contributed by atoms with Crippen molar-refractivity contribution in [1.29, 1.82) is 0 Å². The summed E-state index contributed by atoms with van der Waals surface area (Å²) in [5, 5.41) is 15.7. The molecule has 0 saturated heterocycles. The van der Waals surface area contributed by atoms with Gasteiger partial charge in [-0.3, -0.25) is 0 Å². The van der Waals surface area contributed by atoms with E-state index in [9.17, 15) is 4.39 Å². The maximum Gasteiger partial charge on any atom is 0.210 e. The van der Waals surface area contributed by atoms with E-state index in [1.807, 2.05) is 0 Å². The number of H-pyrrole nitrogens is 2. The molecule has 7 heteroatoms. The van der Waals surface area contributed by atoms with Crippen molar-refractivity contribution in [1.82, 2.24) is 20.2 Å². The fraction of sp³-hybridized carbons (Fsp3) is 0.0323. The van der Waals surface area contributed by atoms with E-state index in [-0.39, 0.29) is 11.7 Å². The van der Waals surface area contributed by atoms with Crippen molar-refractivity contribution in [3.63, 3.8) is 0 Å². The summed E-state index contributed by atoms with van der Waals surface area (Å²) in [4.78, 5) is 6.91. The first kappa shape index (κ1) is 22.4. The summed E-state index contributed by atoms with van der Waals surface area (Å²) in [7, 11) is 0. The summed E-state index contributed by atoms with van der Waals surface area (Å²) in [6, 6.07) is 31.6. The molecule has 7 aromatic rings. The third-order valence-electron chi connectivity index (χ3n) is 6.88. The largest absolute Gasteiger partial charge is 0.361 e. The minimum absolute atomic E-state index is 0.0430. The van der Waals surface area contributed by atoms with Crippen LogP contribution in [0.5, 0.6) is 0 Å². The van der Waals surface area contributed by atoms with Crippen LogP contribution in [0.1, 0.15) is 22.6 Å². The number of anilines is 2. The Labute approximate surface area is 222 Å². The van der Waals surface area contributed by atoms with Crippen LogP contribution in [-0.4, -0.2) is 20.2 Å². The zero-order valence-electron chi connectivity index (χ0n) is 20.2. The van der Waals surface area contributed by atoms with Crippen molar-refractivity contribution in [2.45, 2.75) is 5.92 Å². The van der Waals surface area contributed by atoms with Crippen molar-refractivity contribution < 1.29 is 4.39 Å². The predicted molar refractivity (Wildman–Crippen MR) is 153 cm³/mol. The van der Waals surface area contributed by atoms with Gasteiger partial charge in [-0.05, 0) is 53.1 Å². The molecular formula is C31H22FN5S. The van der Waals surface area contributed by atoms with Crippen LogP contribution in [0.25, 0.3) is 32.4 Å². The third kappa shape index (κ3) is 4.03. The van der Waals surface area contributed by atoms with Crippen molar-refractivity contribution in [3.8, 4) is 10.6 Å². The van der Waals surface area contributed by atoms with Gasteiger partial charge in [0.15, 0.2) is 0 Å². The monoisotopic (exact) mass is 515 g/mol. The molecular weight excluding hydrogens is 493 g/mol. The molecule has 0 aliphatic heterocycles. The van der Waals surface area contributed by atoms with E-state index in [4.69, 9.17) is 0 Å². The van der Waals surface area contributed by atoms with Gasteiger partial charge in [0.1, 0.15) is 10.8 Å². The van der Waals surface area contributed by atoms with Crippen LogP contribution in [0.15, 0.2) is 109 Å². The molecule has 0 bridgehead atoms. The maximum absolute atomic E-state index is 13.2. The Balaban J connectivity index is 1.26. The van der Waals surface area contributed by atoms with Gasteiger partial charge in [-0.2, -0.15) is 0 Å². The molecule has 0 fully saturated rings. The van der Waals surface area contributed by atoms with Crippen molar-refractivity contribution in [2.75, 3.05) is 5.32 Å². The molecule has 0 unspecified atom stereocenters. The van der Waals surface area contributed by atoms with Gasteiger partial charge in [-0.1, -0.05) is 72.0 Å². The normalized spacial score (nSPS) is 11.5. The summed E-state index contributed by atoms with van der Waals surface area (Å²) in [5.74, 6) is -0.228. The fourth-order valence-corrected chi connectivity index (χ4v) is 5.83. The number of hydrogen-bond acceptors (Lipinski definition) is 4. The molecule has 0 atom stereocenters. The summed E-state index contributed by atoms with van der Waals surface area (Å²) >= 11 is 1.46. The van der Waals surface area contributed by atoms with E-state index in [0.29, 0.717) is 5.13 Å². The molecule has 3 heterocycles. The number of fused-ring (bicyclic) bond motifs is 2. The lowest BCUT2D eigenvalue weighted by Crippen LogP contribution is -2.02. The Kier molecular flexibility index (Phi) is 5.48. The zero-order valence-corrected chi connectivity index (χ0v) is 21.0. The number of nitrogens with one attached hydrogen (secondary N) is 3. The molecule has 7 rings (SSSR count). The van der Waals surface area contributed by atoms with Crippen molar-refractivity contribution in [2.24, 2.45) is 0 Å². The van der Waals surface area contributed by atoms with Crippen molar-refractivity contribution in [3.05, 3.63) is 132 Å². The number of para-hydroxylation sites is 2. The van der Waals surface area contributed by atoms with E-state index >= 15 is 0 Å². The molecule has 4 aromatic carbocycles. The number of aromatic amines is 2. The first-order chi connectivity index (χ1) is 18.7. The highest BCUT2D eigenvalue weighted by atomic mass is 32.1. The van der Waals surface area contributed by atoms with Gasteiger partial charge < -0.3 is 15.3 Å². The fourth-order valence-electron chi connectivity index (χ4n) is 5.06. The standard InChI is InChI=1S/C31H22FN5S/c32-21-13-15-22(16-14-21)35-31-37-36-30(38-31)20-11-9-19(10-12-20)29(25-17-33-27-7-3-1-5-23(25)27)26-18-34-28-8-4-2-6-24(26)28/h1-18,29,33-34H,(H,35,37). The Morgan fingerprint density at radius 3 is 1.92 bits per heavy atom. The lowest BCUT2D eigenvalue weighted by molar-refractivity contribution is 0.628. The highest BCUT2D eigenvalue weighted by molar-refractivity contribution is 7.18. The second-order valence-corrected chi connectivity index (χ2v) is 10.2. The number of benzene rings is 4. The van der Waals surface area contributed by atoms with Gasteiger partial charge in [0, 0.05) is 51.4 Å². The van der Waals surface area contributed by atoms with Gasteiger partial charge in [-0.15, -0.1) is 10.2 Å². The Bertz CT molecular complexity index is 1790.